The first-order valence-electron chi connectivity index (χ1n) is 8.71. The van der Waals surface area contributed by atoms with Crippen molar-refractivity contribution in [2.45, 2.75) is 13.8 Å². The Morgan fingerprint density at radius 1 is 1.00 bits per heavy atom. The van der Waals surface area contributed by atoms with Crippen LogP contribution in [0, 0.1) is 25.5 Å². The van der Waals surface area contributed by atoms with E-state index in [1.807, 2.05) is 6.92 Å². The zero-order valence-electron chi connectivity index (χ0n) is 16.9. The smallest absolute Gasteiger partial charge is 0.253 e. The molecule has 160 valence electrons. The third-order valence-electron chi connectivity index (χ3n) is 4.58. The van der Waals surface area contributed by atoms with Gasteiger partial charge in [0.2, 0.25) is 0 Å². The van der Waals surface area contributed by atoms with Crippen molar-refractivity contribution in [3.63, 3.8) is 0 Å². The van der Waals surface area contributed by atoms with E-state index in [4.69, 9.17) is 4.74 Å². The molecule has 3 rings (SSSR count). The minimum Gasteiger partial charge on any atom is -0.454 e. The standard InChI is InChI=1S/C21H20F2N2O3S.H2O/c1-12-13(2)21(26)25(3)11-17(12)16-10-15(24-29(4)27)6-8-19(16)28-20-7-5-14(22)9-18(20)23;/h5-11,24H,1-4H3;1H2. The number of pyridine rings is 1. The molecule has 3 N–H and O–H groups in total. The van der Waals surface area contributed by atoms with Crippen LogP contribution in [-0.2, 0) is 18.0 Å². The number of nitrogens with one attached hydrogen (secondary N) is 1. The lowest BCUT2D eigenvalue weighted by Gasteiger charge is -2.17. The van der Waals surface area contributed by atoms with Crippen molar-refractivity contribution in [3.05, 3.63) is 75.7 Å². The Kier molecular flexibility index (Phi) is 7.12. The monoisotopic (exact) mass is 436 g/mol. The summed E-state index contributed by atoms with van der Waals surface area (Å²) in [5.41, 5.74) is 3.03. The summed E-state index contributed by atoms with van der Waals surface area (Å²) in [5, 5.41) is 0. The number of benzene rings is 2. The highest BCUT2D eigenvalue weighted by Crippen LogP contribution is 2.38. The molecule has 6 nitrogen and oxygen atoms in total. The zero-order chi connectivity index (χ0) is 21.3. The van der Waals surface area contributed by atoms with E-state index in [0.717, 1.165) is 17.7 Å². The Morgan fingerprint density at radius 2 is 1.67 bits per heavy atom. The summed E-state index contributed by atoms with van der Waals surface area (Å²) < 4.78 is 48.9. The molecule has 0 amide bonds. The molecule has 1 unspecified atom stereocenters. The van der Waals surface area contributed by atoms with Gasteiger partial charge >= 0.3 is 0 Å². The van der Waals surface area contributed by atoms with E-state index >= 15 is 0 Å². The van der Waals surface area contributed by atoms with Crippen LogP contribution in [0.4, 0.5) is 14.5 Å². The van der Waals surface area contributed by atoms with Crippen LogP contribution in [0.3, 0.4) is 0 Å². The van der Waals surface area contributed by atoms with Crippen LogP contribution >= 0.6 is 0 Å². The van der Waals surface area contributed by atoms with E-state index in [-0.39, 0.29) is 16.8 Å². The summed E-state index contributed by atoms with van der Waals surface area (Å²) in [5.74, 6) is -1.36. The lowest BCUT2D eigenvalue weighted by molar-refractivity contribution is 0.439. The minimum absolute atomic E-state index is 0. The summed E-state index contributed by atoms with van der Waals surface area (Å²) in [6.07, 6.45) is 3.17. The Hall–Kier alpha value is -3.04. The minimum atomic E-state index is -1.30. The maximum absolute atomic E-state index is 14.1. The molecule has 0 saturated carbocycles. The SMILES string of the molecule is Cc1c(-c2cc(NS(C)=O)ccc2Oc2ccc(F)cc2F)cn(C)c(=O)c1C.O. The number of aryl methyl sites for hydroxylation is 1. The van der Waals surface area contributed by atoms with Crippen LogP contribution < -0.4 is 15.0 Å². The van der Waals surface area contributed by atoms with E-state index in [1.165, 1.54) is 16.9 Å². The molecular weight excluding hydrogens is 414 g/mol. The molecule has 0 aliphatic carbocycles. The van der Waals surface area contributed by atoms with Gasteiger partial charge in [-0.15, -0.1) is 0 Å². The quantitative estimate of drug-likeness (QED) is 0.662. The van der Waals surface area contributed by atoms with Crippen molar-refractivity contribution in [2.24, 2.45) is 7.05 Å². The largest absolute Gasteiger partial charge is 0.454 e. The van der Waals surface area contributed by atoms with Crippen LogP contribution in [0.5, 0.6) is 11.5 Å². The highest BCUT2D eigenvalue weighted by molar-refractivity contribution is 7.85. The number of hydrogen-bond donors (Lipinski definition) is 1. The van der Waals surface area contributed by atoms with Gasteiger partial charge in [-0.25, -0.2) is 13.0 Å². The van der Waals surface area contributed by atoms with E-state index < -0.39 is 22.6 Å². The van der Waals surface area contributed by atoms with E-state index in [1.54, 1.807) is 38.4 Å². The van der Waals surface area contributed by atoms with Gasteiger partial charge in [0, 0.05) is 47.9 Å². The number of ether oxygens (including phenoxy) is 1. The van der Waals surface area contributed by atoms with E-state index in [9.17, 15) is 17.8 Å². The lowest BCUT2D eigenvalue weighted by atomic mass is 9.98. The van der Waals surface area contributed by atoms with Crippen molar-refractivity contribution in [1.82, 2.24) is 4.57 Å². The topological polar surface area (TPSA) is 91.8 Å². The fraction of sp³-hybridized carbons (Fsp3) is 0.190. The van der Waals surface area contributed by atoms with Gasteiger partial charge in [0.05, 0.1) is 0 Å². The molecule has 1 heterocycles. The summed E-state index contributed by atoms with van der Waals surface area (Å²) in [6.45, 7) is 3.54. The van der Waals surface area contributed by atoms with Gasteiger partial charge in [0.1, 0.15) is 22.6 Å². The predicted molar refractivity (Wildman–Crippen MR) is 114 cm³/mol. The number of aromatic nitrogens is 1. The maximum Gasteiger partial charge on any atom is 0.253 e. The van der Waals surface area contributed by atoms with Crippen LogP contribution in [-0.4, -0.2) is 20.5 Å². The highest BCUT2D eigenvalue weighted by Gasteiger charge is 2.17. The Morgan fingerprint density at radius 3 is 2.30 bits per heavy atom. The molecule has 2 aromatic carbocycles. The maximum atomic E-state index is 14.1. The molecule has 3 aromatic rings. The molecule has 0 fully saturated rings. The first-order valence-corrected chi connectivity index (χ1v) is 10.3. The first-order chi connectivity index (χ1) is 13.7. The van der Waals surface area contributed by atoms with Gasteiger partial charge < -0.3 is 19.5 Å². The van der Waals surface area contributed by atoms with Gasteiger partial charge in [-0.1, -0.05) is 0 Å². The van der Waals surface area contributed by atoms with Gasteiger partial charge in [0.15, 0.2) is 11.6 Å². The molecule has 9 heteroatoms. The van der Waals surface area contributed by atoms with Crippen molar-refractivity contribution in [3.8, 4) is 22.6 Å². The molecule has 0 radical (unpaired) electrons. The lowest BCUT2D eigenvalue weighted by Crippen LogP contribution is -2.20. The van der Waals surface area contributed by atoms with Gasteiger partial charge in [0.25, 0.3) is 5.56 Å². The average molecular weight is 436 g/mol. The second kappa shape index (κ2) is 9.19. The van der Waals surface area contributed by atoms with Crippen molar-refractivity contribution in [1.29, 1.82) is 0 Å². The molecule has 0 saturated heterocycles. The summed E-state index contributed by atoms with van der Waals surface area (Å²) >= 11 is 0. The van der Waals surface area contributed by atoms with E-state index in [0.29, 0.717) is 28.1 Å². The second-order valence-corrected chi connectivity index (χ2v) is 7.77. The Bertz CT molecular complexity index is 1180. The van der Waals surface area contributed by atoms with Crippen LogP contribution in [0.1, 0.15) is 11.1 Å². The van der Waals surface area contributed by atoms with Crippen LogP contribution in [0.25, 0.3) is 11.1 Å². The number of halogens is 2. The third-order valence-corrected chi connectivity index (χ3v) is 5.10. The normalized spacial score (nSPS) is 11.5. The predicted octanol–water partition coefficient (Wildman–Crippen LogP) is 3.62. The molecule has 0 aliphatic rings. The second-order valence-electron chi connectivity index (χ2n) is 6.65. The Labute approximate surface area is 175 Å². The van der Waals surface area contributed by atoms with E-state index in [2.05, 4.69) is 4.72 Å². The van der Waals surface area contributed by atoms with Crippen molar-refractivity contribution < 1.29 is 23.2 Å². The van der Waals surface area contributed by atoms with Crippen molar-refractivity contribution >= 4 is 16.7 Å². The molecule has 0 spiro atoms. The molecular formula is C21H22F2N2O4S. The highest BCUT2D eigenvalue weighted by atomic mass is 32.2. The first kappa shape index (κ1) is 23.2. The molecule has 1 aromatic heterocycles. The number of nitrogens with zero attached hydrogens (tertiary/aromatic N) is 1. The molecule has 1 atom stereocenters. The summed E-state index contributed by atoms with van der Waals surface area (Å²) in [7, 11) is 0.343. The third kappa shape index (κ3) is 4.74. The molecule has 30 heavy (non-hydrogen) atoms. The van der Waals surface area contributed by atoms with Crippen LogP contribution in [0.2, 0.25) is 0 Å². The van der Waals surface area contributed by atoms with Crippen LogP contribution in [0.15, 0.2) is 47.4 Å². The molecule has 0 aliphatic heterocycles. The number of rotatable bonds is 5. The summed E-state index contributed by atoms with van der Waals surface area (Å²) in [6, 6.07) is 8.02. The molecule has 0 bridgehead atoms. The van der Waals surface area contributed by atoms with Gasteiger partial charge in [-0.2, -0.15) is 0 Å². The Balaban J connectivity index is 0.00000320. The van der Waals surface area contributed by atoms with Crippen molar-refractivity contribution in [2.75, 3.05) is 11.0 Å². The summed E-state index contributed by atoms with van der Waals surface area (Å²) in [4.78, 5) is 12.2. The fourth-order valence-corrected chi connectivity index (χ4v) is 3.44. The average Bonchev–Trinajstić information content (AvgIpc) is 2.66. The zero-order valence-corrected chi connectivity index (χ0v) is 17.7. The van der Waals surface area contributed by atoms with Gasteiger partial charge in [-0.3, -0.25) is 4.79 Å². The fourth-order valence-electron chi connectivity index (χ4n) is 2.98. The van der Waals surface area contributed by atoms with Gasteiger partial charge in [-0.05, 0) is 49.7 Å². The number of anilines is 1. The number of hydrogen-bond acceptors (Lipinski definition) is 3.